The van der Waals surface area contributed by atoms with Gasteiger partial charge in [-0.25, -0.2) is 8.42 Å². The Balaban J connectivity index is 1.31. The SMILES string of the molecule is CC(C)[C@H](CO)CS(=O)(=O)c1ccc(-c2cccc(CC(=O)C3(c4ccc5c(c4)OCO5)CC3)c2)cc1. The average Bonchev–Trinajstić information content (AvgIpc) is 3.58. The molecule has 6 nitrogen and oxygen atoms in total. The molecule has 1 aliphatic carbocycles. The minimum atomic E-state index is -3.50. The number of benzene rings is 3. The molecule has 0 radical (unpaired) electrons. The molecule has 3 aromatic rings. The van der Waals surface area contributed by atoms with E-state index in [9.17, 15) is 18.3 Å². The van der Waals surface area contributed by atoms with Gasteiger partial charge in [0, 0.05) is 13.0 Å². The van der Waals surface area contributed by atoms with Crippen LogP contribution in [0.1, 0.15) is 37.8 Å². The molecule has 0 amide bonds. The second-order valence-electron chi connectivity index (χ2n) is 10.4. The summed E-state index contributed by atoms with van der Waals surface area (Å²) in [7, 11) is -3.50. The third-order valence-electron chi connectivity index (χ3n) is 7.66. The Morgan fingerprint density at radius 1 is 0.946 bits per heavy atom. The Morgan fingerprint density at radius 2 is 1.68 bits per heavy atom. The predicted octanol–water partition coefficient (Wildman–Crippen LogP) is 4.96. The molecule has 1 N–H and O–H groups in total. The largest absolute Gasteiger partial charge is 0.454 e. The monoisotopic (exact) mass is 520 g/mol. The number of carbonyl (C=O) groups excluding carboxylic acids is 1. The van der Waals surface area contributed by atoms with Crippen molar-refractivity contribution in [3.05, 3.63) is 77.9 Å². The minimum Gasteiger partial charge on any atom is -0.454 e. The van der Waals surface area contributed by atoms with E-state index in [-0.39, 0.29) is 41.7 Å². The number of hydrogen-bond acceptors (Lipinski definition) is 6. The second-order valence-corrected chi connectivity index (χ2v) is 12.5. The average molecular weight is 521 g/mol. The molecule has 3 aromatic carbocycles. The highest BCUT2D eigenvalue weighted by atomic mass is 32.2. The van der Waals surface area contributed by atoms with Gasteiger partial charge >= 0.3 is 0 Å². The first-order chi connectivity index (χ1) is 17.7. The first-order valence-corrected chi connectivity index (χ1v) is 14.3. The number of rotatable bonds is 10. The highest BCUT2D eigenvalue weighted by Gasteiger charge is 2.50. The number of ether oxygens (including phenoxy) is 2. The number of ketones is 1. The van der Waals surface area contributed by atoms with Gasteiger partial charge in [0.25, 0.3) is 0 Å². The maximum absolute atomic E-state index is 13.4. The lowest BCUT2D eigenvalue weighted by atomic mass is 9.87. The van der Waals surface area contributed by atoms with Crippen LogP contribution in [0, 0.1) is 11.8 Å². The summed E-state index contributed by atoms with van der Waals surface area (Å²) in [4.78, 5) is 13.7. The van der Waals surface area contributed by atoms with Crippen LogP contribution in [-0.4, -0.2) is 38.5 Å². The molecule has 0 spiro atoms. The number of aliphatic hydroxyl groups excluding tert-OH is 1. The normalized spacial score (nSPS) is 16.5. The lowest BCUT2D eigenvalue weighted by Crippen LogP contribution is -2.24. The summed E-state index contributed by atoms with van der Waals surface area (Å²) in [6, 6.07) is 20.5. The fourth-order valence-electron chi connectivity index (χ4n) is 4.95. The number of carbonyl (C=O) groups is 1. The molecule has 7 heteroatoms. The summed E-state index contributed by atoms with van der Waals surface area (Å²) in [6.45, 7) is 3.88. The summed E-state index contributed by atoms with van der Waals surface area (Å²) < 4.78 is 36.6. The van der Waals surface area contributed by atoms with E-state index in [0.717, 1.165) is 35.1 Å². The molecule has 0 unspecified atom stereocenters. The van der Waals surface area contributed by atoms with Gasteiger partial charge in [-0.05, 0) is 71.2 Å². The summed E-state index contributed by atoms with van der Waals surface area (Å²) >= 11 is 0. The van der Waals surface area contributed by atoms with Gasteiger partial charge in [-0.3, -0.25) is 4.79 Å². The van der Waals surface area contributed by atoms with Gasteiger partial charge in [-0.15, -0.1) is 0 Å². The molecular formula is C30H32O6S. The third-order valence-corrected chi connectivity index (χ3v) is 9.52. The quantitative estimate of drug-likeness (QED) is 0.406. The maximum atomic E-state index is 13.4. The maximum Gasteiger partial charge on any atom is 0.231 e. The van der Waals surface area contributed by atoms with Gasteiger partial charge in [-0.1, -0.05) is 56.3 Å². The third kappa shape index (κ3) is 5.15. The molecule has 1 atom stereocenters. The molecular weight excluding hydrogens is 488 g/mol. The number of sulfone groups is 1. The molecule has 1 heterocycles. The van der Waals surface area contributed by atoms with Crippen molar-refractivity contribution in [2.24, 2.45) is 11.8 Å². The molecule has 194 valence electrons. The van der Waals surface area contributed by atoms with E-state index >= 15 is 0 Å². The van der Waals surface area contributed by atoms with Gasteiger partial charge in [0.2, 0.25) is 6.79 Å². The highest BCUT2D eigenvalue weighted by molar-refractivity contribution is 7.91. The zero-order valence-corrected chi connectivity index (χ0v) is 22.0. The summed E-state index contributed by atoms with van der Waals surface area (Å²) in [5.74, 6) is 1.29. The molecule has 0 aromatic heterocycles. The van der Waals surface area contributed by atoms with Crippen molar-refractivity contribution in [1.82, 2.24) is 0 Å². The van der Waals surface area contributed by atoms with Gasteiger partial charge in [-0.2, -0.15) is 0 Å². The summed E-state index contributed by atoms with van der Waals surface area (Å²) in [6.07, 6.45) is 1.98. The van der Waals surface area contributed by atoms with Crippen LogP contribution in [0.25, 0.3) is 11.1 Å². The number of hydrogen-bond donors (Lipinski definition) is 1. The smallest absolute Gasteiger partial charge is 0.231 e. The fraction of sp³-hybridized carbons (Fsp3) is 0.367. The fourth-order valence-corrected chi connectivity index (χ4v) is 6.75. The van der Waals surface area contributed by atoms with Gasteiger partial charge in [0.05, 0.1) is 16.1 Å². The molecule has 5 rings (SSSR count). The van der Waals surface area contributed by atoms with Gasteiger partial charge in [0.15, 0.2) is 21.3 Å². The molecule has 1 aliphatic heterocycles. The second kappa shape index (κ2) is 9.95. The molecule has 2 aliphatic rings. The molecule has 1 saturated carbocycles. The topological polar surface area (TPSA) is 89.9 Å². The van der Waals surface area contributed by atoms with E-state index < -0.39 is 15.3 Å². The standard InChI is InChI=1S/C30H32O6S/c1-20(2)24(17-31)18-37(33,34)26-9-6-22(7-10-26)23-5-3-4-21(14-23)15-29(32)30(12-13-30)25-8-11-27-28(16-25)36-19-35-27/h3-11,14,16,20,24,31H,12-13,15,17-19H2,1-2H3/t24-/m1/s1. The lowest BCUT2D eigenvalue weighted by Gasteiger charge is -2.18. The molecule has 37 heavy (non-hydrogen) atoms. The minimum absolute atomic E-state index is 0.0734. The van der Waals surface area contributed by atoms with Crippen molar-refractivity contribution in [3.63, 3.8) is 0 Å². The Bertz CT molecular complexity index is 1400. The van der Waals surface area contributed by atoms with Crippen LogP contribution in [0.15, 0.2) is 71.6 Å². The van der Waals surface area contributed by atoms with E-state index in [1.54, 1.807) is 24.3 Å². The summed E-state index contributed by atoms with van der Waals surface area (Å²) in [5.41, 5.74) is 3.25. The first kappa shape index (κ1) is 25.5. The van der Waals surface area contributed by atoms with E-state index in [2.05, 4.69) is 0 Å². The number of aliphatic hydroxyl groups is 1. The van der Waals surface area contributed by atoms with Crippen LogP contribution in [0.2, 0.25) is 0 Å². The van der Waals surface area contributed by atoms with Crippen molar-refractivity contribution in [1.29, 1.82) is 0 Å². The Kier molecular flexibility index (Phi) is 6.86. The number of fused-ring (bicyclic) bond motifs is 1. The molecule has 1 fully saturated rings. The van der Waals surface area contributed by atoms with Crippen LogP contribution in [0.5, 0.6) is 11.5 Å². The van der Waals surface area contributed by atoms with Crippen LogP contribution in [-0.2, 0) is 26.5 Å². The van der Waals surface area contributed by atoms with Gasteiger partial charge in [0.1, 0.15) is 5.78 Å². The van der Waals surface area contributed by atoms with Crippen LogP contribution >= 0.6 is 0 Å². The van der Waals surface area contributed by atoms with Crippen molar-refractivity contribution in [2.45, 2.75) is 43.4 Å². The van der Waals surface area contributed by atoms with Crippen molar-refractivity contribution >= 4 is 15.6 Å². The van der Waals surface area contributed by atoms with Crippen molar-refractivity contribution in [2.75, 3.05) is 19.2 Å². The highest BCUT2D eigenvalue weighted by Crippen LogP contribution is 2.51. The van der Waals surface area contributed by atoms with E-state index in [1.807, 2.05) is 56.3 Å². The lowest BCUT2D eigenvalue weighted by molar-refractivity contribution is -0.120. The Hall–Kier alpha value is -3.16. The van der Waals surface area contributed by atoms with Crippen molar-refractivity contribution in [3.8, 4) is 22.6 Å². The van der Waals surface area contributed by atoms with E-state index in [0.29, 0.717) is 17.9 Å². The van der Waals surface area contributed by atoms with Crippen LogP contribution in [0.3, 0.4) is 0 Å². The van der Waals surface area contributed by atoms with E-state index in [1.165, 1.54) is 0 Å². The first-order valence-electron chi connectivity index (χ1n) is 12.7. The Labute approximate surface area is 218 Å². The zero-order valence-electron chi connectivity index (χ0n) is 21.1. The van der Waals surface area contributed by atoms with Crippen LogP contribution in [0.4, 0.5) is 0 Å². The Morgan fingerprint density at radius 3 is 2.35 bits per heavy atom. The van der Waals surface area contributed by atoms with E-state index in [4.69, 9.17) is 9.47 Å². The molecule has 0 bridgehead atoms. The van der Waals surface area contributed by atoms with Crippen LogP contribution < -0.4 is 9.47 Å². The predicted molar refractivity (Wildman–Crippen MR) is 142 cm³/mol. The molecule has 0 saturated heterocycles. The summed E-state index contributed by atoms with van der Waals surface area (Å²) in [5, 5.41) is 9.54. The zero-order chi connectivity index (χ0) is 26.2. The number of Topliss-reactive ketones (excluding diaryl/α,β-unsaturated/α-hetero) is 1. The van der Waals surface area contributed by atoms with Gasteiger partial charge < -0.3 is 14.6 Å². The van der Waals surface area contributed by atoms with Crippen molar-refractivity contribution < 1.29 is 27.8 Å².